The lowest BCUT2D eigenvalue weighted by molar-refractivity contribution is -0.113. The van der Waals surface area contributed by atoms with Crippen molar-refractivity contribution in [3.05, 3.63) is 0 Å². The van der Waals surface area contributed by atoms with Gasteiger partial charge in [0.1, 0.15) is 0 Å². The van der Waals surface area contributed by atoms with Gasteiger partial charge in [0, 0.05) is 28.2 Å². The monoisotopic (exact) mass is 178 g/mol. The lowest BCUT2D eigenvalue weighted by atomic mass is 10.1. The lowest BCUT2D eigenvalue weighted by Crippen LogP contribution is -2.24. The average Bonchev–Trinajstić information content (AvgIpc) is 1.88. The van der Waals surface area contributed by atoms with Crippen LogP contribution in [0.15, 0.2) is 0 Å². The summed E-state index contributed by atoms with van der Waals surface area (Å²) < 4.78 is 10.9. The molecule has 1 aliphatic heterocycles. The second-order valence-corrected chi connectivity index (χ2v) is 4.55. The fourth-order valence-electron chi connectivity index (χ4n) is 1.08. The van der Waals surface area contributed by atoms with Crippen LogP contribution in [-0.4, -0.2) is 20.8 Å². The minimum Gasteiger partial charge on any atom is -0.287 e. The minimum atomic E-state index is -0.761. The number of rotatable bonds is 1. The molecule has 2 nitrogen and oxygen atoms in total. The number of carbonyl (C=O) groups is 1. The summed E-state index contributed by atoms with van der Waals surface area (Å²) in [4.78, 5) is 10.7. The fourth-order valence-corrected chi connectivity index (χ4v) is 2.84. The molecular formula is C6H10O2S2. The van der Waals surface area contributed by atoms with Crippen LogP contribution in [-0.2, 0) is 15.6 Å². The molecule has 0 N–H and O–H groups in total. The van der Waals surface area contributed by atoms with E-state index >= 15 is 0 Å². The smallest absolute Gasteiger partial charge is 0.189 e. The van der Waals surface area contributed by atoms with Gasteiger partial charge in [-0.2, -0.15) is 0 Å². The molecule has 0 aromatic heterocycles. The van der Waals surface area contributed by atoms with E-state index in [0.29, 0.717) is 5.75 Å². The third kappa shape index (κ3) is 2.09. The first-order valence-electron chi connectivity index (χ1n) is 3.28. The SMILES string of the molecule is O=C(S)C1CCCS(=O)C1. The van der Waals surface area contributed by atoms with Gasteiger partial charge in [-0.1, -0.05) is 0 Å². The highest BCUT2D eigenvalue weighted by Gasteiger charge is 2.22. The van der Waals surface area contributed by atoms with Gasteiger partial charge >= 0.3 is 0 Å². The van der Waals surface area contributed by atoms with Gasteiger partial charge in [-0.3, -0.25) is 9.00 Å². The molecule has 1 aliphatic rings. The van der Waals surface area contributed by atoms with Crippen LogP contribution in [0, 0.1) is 5.92 Å². The Balaban J connectivity index is 2.47. The van der Waals surface area contributed by atoms with Gasteiger partial charge < -0.3 is 0 Å². The van der Waals surface area contributed by atoms with E-state index in [1.165, 1.54) is 0 Å². The molecule has 1 rings (SSSR count). The van der Waals surface area contributed by atoms with Crippen LogP contribution in [0.4, 0.5) is 0 Å². The largest absolute Gasteiger partial charge is 0.287 e. The van der Waals surface area contributed by atoms with Crippen molar-refractivity contribution >= 4 is 28.5 Å². The summed E-state index contributed by atoms with van der Waals surface area (Å²) in [5, 5.41) is -0.104. The first-order valence-corrected chi connectivity index (χ1v) is 5.21. The molecule has 0 aromatic rings. The second-order valence-electron chi connectivity index (χ2n) is 2.49. The van der Waals surface area contributed by atoms with E-state index in [1.54, 1.807) is 0 Å². The van der Waals surface area contributed by atoms with Crippen molar-refractivity contribution in [3.8, 4) is 0 Å². The fraction of sp³-hybridized carbons (Fsp3) is 0.833. The van der Waals surface area contributed by atoms with E-state index in [-0.39, 0.29) is 11.0 Å². The van der Waals surface area contributed by atoms with E-state index in [0.717, 1.165) is 18.6 Å². The van der Waals surface area contributed by atoms with Gasteiger partial charge in [0.25, 0.3) is 0 Å². The Morgan fingerprint density at radius 3 is 2.70 bits per heavy atom. The molecule has 0 saturated carbocycles. The zero-order chi connectivity index (χ0) is 7.56. The molecule has 1 fully saturated rings. The molecule has 0 radical (unpaired) electrons. The molecule has 0 aromatic carbocycles. The number of hydrogen-bond acceptors (Lipinski definition) is 2. The predicted octanol–water partition coefficient (Wildman–Crippen LogP) is 0.602. The van der Waals surface area contributed by atoms with Gasteiger partial charge in [-0.25, -0.2) is 0 Å². The molecule has 2 unspecified atom stereocenters. The molecule has 0 aliphatic carbocycles. The maximum atomic E-state index is 10.9. The lowest BCUT2D eigenvalue weighted by Gasteiger charge is -2.17. The van der Waals surface area contributed by atoms with Crippen LogP contribution in [0.1, 0.15) is 12.8 Å². The summed E-state index contributed by atoms with van der Waals surface area (Å²) in [5.74, 6) is 1.25. The van der Waals surface area contributed by atoms with E-state index in [1.807, 2.05) is 0 Å². The Morgan fingerprint density at radius 1 is 1.60 bits per heavy atom. The average molecular weight is 178 g/mol. The molecule has 4 heteroatoms. The van der Waals surface area contributed by atoms with Gasteiger partial charge in [0.15, 0.2) is 5.12 Å². The summed E-state index contributed by atoms with van der Waals surface area (Å²) in [7, 11) is -0.761. The van der Waals surface area contributed by atoms with Crippen molar-refractivity contribution in [2.24, 2.45) is 5.92 Å². The minimum absolute atomic E-state index is 0.0436. The van der Waals surface area contributed by atoms with Crippen LogP contribution < -0.4 is 0 Å². The van der Waals surface area contributed by atoms with Crippen LogP contribution >= 0.6 is 12.6 Å². The summed E-state index contributed by atoms with van der Waals surface area (Å²) in [5.41, 5.74) is 0. The first kappa shape index (κ1) is 8.27. The van der Waals surface area contributed by atoms with Crippen molar-refractivity contribution in [3.63, 3.8) is 0 Å². The Kier molecular flexibility index (Phi) is 2.92. The number of carbonyl (C=O) groups excluding carboxylic acids is 1. The number of thiol groups is 1. The molecule has 10 heavy (non-hydrogen) atoms. The van der Waals surface area contributed by atoms with Crippen molar-refractivity contribution in [2.75, 3.05) is 11.5 Å². The molecule has 0 spiro atoms. The summed E-state index contributed by atoms with van der Waals surface area (Å²) in [6, 6.07) is 0. The Bertz CT molecular complexity index is 165. The zero-order valence-electron chi connectivity index (χ0n) is 5.58. The third-order valence-corrected chi connectivity index (χ3v) is 3.54. The molecule has 58 valence electrons. The van der Waals surface area contributed by atoms with E-state index in [2.05, 4.69) is 12.6 Å². The highest BCUT2D eigenvalue weighted by atomic mass is 32.2. The van der Waals surface area contributed by atoms with Gasteiger partial charge in [0.05, 0.1) is 0 Å². The molecule has 0 bridgehead atoms. The highest BCUT2D eigenvalue weighted by Crippen LogP contribution is 2.17. The first-order chi connectivity index (χ1) is 4.70. The van der Waals surface area contributed by atoms with Gasteiger partial charge in [0.2, 0.25) is 0 Å². The van der Waals surface area contributed by atoms with Gasteiger partial charge in [-0.15, -0.1) is 12.6 Å². The predicted molar refractivity (Wildman–Crippen MR) is 44.6 cm³/mol. The Labute approximate surface area is 68.2 Å². The Morgan fingerprint density at radius 2 is 2.30 bits per heavy atom. The van der Waals surface area contributed by atoms with Crippen molar-refractivity contribution in [2.45, 2.75) is 12.8 Å². The van der Waals surface area contributed by atoms with Crippen LogP contribution in [0.2, 0.25) is 0 Å². The summed E-state index contributed by atoms with van der Waals surface area (Å²) in [6.45, 7) is 0. The standard InChI is InChI=1S/C6H10O2S2/c7-6(9)5-2-1-3-10(8)4-5/h5H,1-4H2,(H,7,9). The van der Waals surface area contributed by atoms with Crippen LogP contribution in [0.3, 0.4) is 0 Å². The quantitative estimate of drug-likeness (QED) is 0.597. The number of hydrogen-bond donors (Lipinski definition) is 1. The molecular weight excluding hydrogens is 168 g/mol. The van der Waals surface area contributed by atoms with Gasteiger partial charge in [-0.05, 0) is 12.8 Å². The van der Waals surface area contributed by atoms with Crippen LogP contribution in [0.5, 0.6) is 0 Å². The normalized spacial score (nSPS) is 33.7. The zero-order valence-corrected chi connectivity index (χ0v) is 7.29. The molecule has 1 saturated heterocycles. The summed E-state index contributed by atoms with van der Waals surface area (Å²) in [6.07, 6.45) is 1.78. The van der Waals surface area contributed by atoms with Crippen LogP contribution in [0.25, 0.3) is 0 Å². The second kappa shape index (κ2) is 3.53. The van der Waals surface area contributed by atoms with Crippen molar-refractivity contribution < 1.29 is 9.00 Å². The van der Waals surface area contributed by atoms with Crippen molar-refractivity contribution in [1.29, 1.82) is 0 Å². The molecule has 1 heterocycles. The highest BCUT2D eigenvalue weighted by molar-refractivity contribution is 7.96. The molecule has 0 amide bonds. The van der Waals surface area contributed by atoms with E-state index in [9.17, 15) is 9.00 Å². The summed E-state index contributed by atoms with van der Waals surface area (Å²) >= 11 is 3.71. The third-order valence-electron chi connectivity index (χ3n) is 1.66. The Hall–Kier alpha value is 0.170. The van der Waals surface area contributed by atoms with E-state index in [4.69, 9.17) is 0 Å². The maximum absolute atomic E-state index is 10.9. The topological polar surface area (TPSA) is 34.1 Å². The maximum Gasteiger partial charge on any atom is 0.189 e. The van der Waals surface area contributed by atoms with E-state index < -0.39 is 10.8 Å². The molecule has 2 atom stereocenters. The van der Waals surface area contributed by atoms with Crippen molar-refractivity contribution in [1.82, 2.24) is 0 Å².